The van der Waals surface area contributed by atoms with Crippen molar-refractivity contribution in [3.8, 4) is 0 Å². The van der Waals surface area contributed by atoms with Gasteiger partial charge in [-0.15, -0.1) is 0 Å². The SMILES string of the molecule is O=C(Nc1cnn(C2CCOCC2)c1)c1ccccc1Cl. The Morgan fingerprint density at radius 3 is 2.86 bits per heavy atom. The highest BCUT2D eigenvalue weighted by molar-refractivity contribution is 6.34. The highest BCUT2D eigenvalue weighted by atomic mass is 35.5. The molecule has 110 valence electrons. The Morgan fingerprint density at radius 2 is 2.10 bits per heavy atom. The summed E-state index contributed by atoms with van der Waals surface area (Å²) in [5.41, 5.74) is 1.13. The predicted molar refractivity (Wildman–Crippen MR) is 80.7 cm³/mol. The van der Waals surface area contributed by atoms with Gasteiger partial charge in [0.15, 0.2) is 0 Å². The molecule has 5 nitrogen and oxygen atoms in total. The van der Waals surface area contributed by atoms with Crippen LogP contribution in [0.2, 0.25) is 5.02 Å². The lowest BCUT2D eigenvalue weighted by Crippen LogP contribution is -2.19. The number of amides is 1. The molecule has 3 rings (SSSR count). The first-order chi connectivity index (χ1) is 10.2. The number of nitrogens with one attached hydrogen (secondary N) is 1. The molecule has 0 unspecified atom stereocenters. The zero-order chi connectivity index (χ0) is 14.7. The first kappa shape index (κ1) is 14.1. The summed E-state index contributed by atoms with van der Waals surface area (Å²) in [6.07, 6.45) is 5.40. The minimum Gasteiger partial charge on any atom is -0.381 e. The third kappa shape index (κ3) is 3.25. The largest absolute Gasteiger partial charge is 0.381 e. The van der Waals surface area contributed by atoms with E-state index in [4.69, 9.17) is 16.3 Å². The van der Waals surface area contributed by atoms with Crippen molar-refractivity contribution in [1.82, 2.24) is 9.78 Å². The molecule has 0 saturated carbocycles. The number of anilines is 1. The Morgan fingerprint density at radius 1 is 1.33 bits per heavy atom. The van der Waals surface area contributed by atoms with E-state index in [9.17, 15) is 4.79 Å². The number of halogens is 1. The lowest BCUT2D eigenvalue weighted by molar-refractivity contribution is 0.0662. The van der Waals surface area contributed by atoms with Crippen molar-refractivity contribution < 1.29 is 9.53 Å². The number of hydrogen-bond acceptors (Lipinski definition) is 3. The maximum Gasteiger partial charge on any atom is 0.257 e. The quantitative estimate of drug-likeness (QED) is 0.948. The molecule has 2 heterocycles. The lowest BCUT2D eigenvalue weighted by atomic mass is 10.1. The molecule has 0 spiro atoms. The highest BCUT2D eigenvalue weighted by Gasteiger charge is 2.17. The van der Waals surface area contributed by atoms with E-state index < -0.39 is 0 Å². The maximum atomic E-state index is 12.2. The Balaban J connectivity index is 1.69. The summed E-state index contributed by atoms with van der Waals surface area (Å²) in [7, 11) is 0. The van der Waals surface area contributed by atoms with E-state index in [1.54, 1.807) is 30.5 Å². The number of carbonyl (C=O) groups is 1. The molecule has 1 fully saturated rings. The van der Waals surface area contributed by atoms with Crippen molar-refractivity contribution in [1.29, 1.82) is 0 Å². The van der Waals surface area contributed by atoms with Gasteiger partial charge >= 0.3 is 0 Å². The predicted octanol–water partition coefficient (Wildman–Crippen LogP) is 3.14. The van der Waals surface area contributed by atoms with E-state index in [1.165, 1.54) is 0 Å². The van der Waals surface area contributed by atoms with Crippen LogP contribution in [0, 0.1) is 0 Å². The number of ether oxygens (including phenoxy) is 1. The smallest absolute Gasteiger partial charge is 0.257 e. The summed E-state index contributed by atoms with van der Waals surface area (Å²) in [6.45, 7) is 1.51. The molecule has 1 aromatic carbocycles. The Bertz CT molecular complexity index is 635. The van der Waals surface area contributed by atoms with Crippen LogP contribution in [0.25, 0.3) is 0 Å². The van der Waals surface area contributed by atoms with Crippen LogP contribution in [0.5, 0.6) is 0 Å². The second-order valence-corrected chi connectivity index (χ2v) is 5.39. The molecule has 1 N–H and O–H groups in total. The number of benzene rings is 1. The number of carbonyl (C=O) groups excluding carboxylic acids is 1. The van der Waals surface area contributed by atoms with Gasteiger partial charge in [0.05, 0.1) is 28.5 Å². The first-order valence-electron chi connectivity index (χ1n) is 6.92. The van der Waals surface area contributed by atoms with Crippen molar-refractivity contribution in [3.05, 3.63) is 47.2 Å². The fourth-order valence-corrected chi connectivity index (χ4v) is 2.62. The van der Waals surface area contributed by atoms with Gasteiger partial charge in [-0.25, -0.2) is 0 Å². The van der Waals surface area contributed by atoms with Crippen molar-refractivity contribution in [2.24, 2.45) is 0 Å². The van der Waals surface area contributed by atoms with Crippen molar-refractivity contribution >= 4 is 23.2 Å². The van der Waals surface area contributed by atoms with Gasteiger partial charge in [-0.3, -0.25) is 9.48 Å². The minimum absolute atomic E-state index is 0.230. The summed E-state index contributed by atoms with van der Waals surface area (Å²) in [5.74, 6) is -0.230. The van der Waals surface area contributed by atoms with Crippen LogP contribution in [-0.4, -0.2) is 28.9 Å². The van der Waals surface area contributed by atoms with E-state index in [0.29, 0.717) is 22.3 Å². The fourth-order valence-electron chi connectivity index (χ4n) is 2.40. The molecule has 0 bridgehead atoms. The van der Waals surface area contributed by atoms with Crippen LogP contribution >= 0.6 is 11.6 Å². The second-order valence-electron chi connectivity index (χ2n) is 4.99. The third-order valence-electron chi connectivity index (χ3n) is 3.54. The Hall–Kier alpha value is -1.85. The van der Waals surface area contributed by atoms with Crippen LogP contribution in [0.3, 0.4) is 0 Å². The van der Waals surface area contributed by atoms with Crippen LogP contribution in [0.1, 0.15) is 29.2 Å². The molecule has 1 aromatic heterocycles. The van der Waals surface area contributed by atoms with E-state index in [1.807, 2.05) is 10.9 Å². The van der Waals surface area contributed by atoms with Crippen LogP contribution in [0.4, 0.5) is 5.69 Å². The fraction of sp³-hybridized carbons (Fsp3) is 0.333. The average molecular weight is 306 g/mol. The summed E-state index contributed by atoms with van der Waals surface area (Å²) in [4.78, 5) is 12.2. The van der Waals surface area contributed by atoms with E-state index in [0.717, 1.165) is 26.1 Å². The molecule has 0 atom stereocenters. The van der Waals surface area contributed by atoms with Crippen molar-refractivity contribution in [3.63, 3.8) is 0 Å². The van der Waals surface area contributed by atoms with Crippen LogP contribution in [-0.2, 0) is 4.74 Å². The number of rotatable bonds is 3. The Kier molecular flexibility index (Phi) is 4.22. The molecular weight excluding hydrogens is 290 g/mol. The monoisotopic (exact) mass is 305 g/mol. The normalized spacial score (nSPS) is 15.9. The van der Waals surface area contributed by atoms with E-state index >= 15 is 0 Å². The van der Waals surface area contributed by atoms with Crippen molar-refractivity contribution in [2.75, 3.05) is 18.5 Å². The summed E-state index contributed by atoms with van der Waals surface area (Å²) in [5, 5.41) is 7.58. The molecule has 21 heavy (non-hydrogen) atoms. The van der Waals surface area contributed by atoms with E-state index in [-0.39, 0.29) is 5.91 Å². The number of hydrogen-bond donors (Lipinski definition) is 1. The third-order valence-corrected chi connectivity index (χ3v) is 3.87. The number of nitrogens with zero attached hydrogens (tertiary/aromatic N) is 2. The van der Waals surface area contributed by atoms with Gasteiger partial charge in [-0.05, 0) is 25.0 Å². The molecule has 1 aliphatic rings. The first-order valence-corrected chi connectivity index (χ1v) is 7.29. The minimum atomic E-state index is -0.230. The van der Waals surface area contributed by atoms with Gasteiger partial charge in [-0.1, -0.05) is 23.7 Å². The molecule has 1 saturated heterocycles. The van der Waals surface area contributed by atoms with Crippen LogP contribution in [0.15, 0.2) is 36.7 Å². The Labute approximate surface area is 127 Å². The molecule has 1 aliphatic heterocycles. The molecule has 1 amide bonds. The van der Waals surface area contributed by atoms with Gasteiger partial charge in [0.25, 0.3) is 5.91 Å². The summed E-state index contributed by atoms with van der Waals surface area (Å²) in [6, 6.07) is 7.31. The molecular formula is C15H16ClN3O2. The second kappa shape index (κ2) is 6.28. The van der Waals surface area contributed by atoms with Crippen molar-refractivity contribution in [2.45, 2.75) is 18.9 Å². The molecule has 0 radical (unpaired) electrons. The molecule has 2 aromatic rings. The number of aromatic nitrogens is 2. The molecule has 6 heteroatoms. The summed E-state index contributed by atoms with van der Waals surface area (Å²) < 4.78 is 7.23. The zero-order valence-electron chi connectivity index (χ0n) is 11.5. The molecule has 0 aliphatic carbocycles. The van der Waals surface area contributed by atoms with Crippen LogP contribution < -0.4 is 5.32 Å². The topological polar surface area (TPSA) is 56.2 Å². The van der Waals surface area contributed by atoms with Gasteiger partial charge in [0.2, 0.25) is 0 Å². The summed E-state index contributed by atoms with van der Waals surface area (Å²) >= 11 is 6.02. The lowest BCUT2D eigenvalue weighted by Gasteiger charge is -2.22. The average Bonchev–Trinajstić information content (AvgIpc) is 2.97. The maximum absolute atomic E-state index is 12.2. The highest BCUT2D eigenvalue weighted by Crippen LogP contribution is 2.22. The van der Waals surface area contributed by atoms with E-state index in [2.05, 4.69) is 10.4 Å². The van der Waals surface area contributed by atoms with Gasteiger partial charge < -0.3 is 10.1 Å². The van der Waals surface area contributed by atoms with Gasteiger partial charge in [0, 0.05) is 19.4 Å². The zero-order valence-corrected chi connectivity index (χ0v) is 12.2. The van der Waals surface area contributed by atoms with Gasteiger partial charge in [0.1, 0.15) is 0 Å². The standard InChI is InChI=1S/C15H16ClN3O2/c16-14-4-2-1-3-13(14)15(20)18-11-9-17-19(10-11)12-5-7-21-8-6-12/h1-4,9-10,12H,5-8H2,(H,18,20). The van der Waals surface area contributed by atoms with Gasteiger partial charge in [-0.2, -0.15) is 5.10 Å².